The van der Waals surface area contributed by atoms with Crippen molar-refractivity contribution in [2.45, 2.75) is 31.8 Å². The summed E-state index contributed by atoms with van der Waals surface area (Å²) in [5.74, 6) is 0. The number of aromatic nitrogens is 2. The maximum Gasteiger partial charge on any atom is 0.244 e. The molecule has 0 aliphatic carbocycles. The summed E-state index contributed by atoms with van der Waals surface area (Å²) in [5, 5.41) is 4.84. The standard InChI is InChI=1S/C17H21Cl3N4O2S/c1-3-24-12(2)13(10-21-24)11-22-4-6-23(7-5-22)27(25,26)17-9-15(19)14(18)8-16(17)20/h8-10H,3-7,11H2,1-2H3. The Kier molecular flexibility index (Phi) is 6.40. The Morgan fingerprint density at radius 3 is 2.26 bits per heavy atom. The van der Waals surface area contributed by atoms with Gasteiger partial charge in [-0.25, -0.2) is 8.42 Å². The molecule has 2 aromatic rings. The van der Waals surface area contributed by atoms with Gasteiger partial charge >= 0.3 is 0 Å². The van der Waals surface area contributed by atoms with Gasteiger partial charge in [-0.2, -0.15) is 9.40 Å². The predicted octanol–water partition coefficient (Wildman–Crippen LogP) is 3.68. The van der Waals surface area contributed by atoms with Crippen LogP contribution in [0, 0.1) is 6.92 Å². The second kappa shape index (κ2) is 8.27. The number of nitrogens with zero attached hydrogens (tertiary/aromatic N) is 4. The minimum atomic E-state index is -3.72. The van der Waals surface area contributed by atoms with Gasteiger partial charge < -0.3 is 0 Å². The molecule has 1 aliphatic heterocycles. The molecular formula is C17H21Cl3N4O2S. The van der Waals surface area contributed by atoms with Gasteiger partial charge in [0.2, 0.25) is 10.0 Å². The summed E-state index contributed by atoms with van der Waals surface area (Å²) in [6, 6.07) is 2.68. The van der Waals surface area contributed by atoms with Crippen molar-refractivity contribution < 1.29 is 8.42 Å². The molecule has 1 aliphatic rings. The molecule has 0 atom stereocenters. The first-order valence-electron chi connectivity index (χ1n) is 8.62. The van der Waals surface area contributed by atoms with Crippen molar-refractivity contribution >= 4 is 44.8 Å². The van der Waals surface area contributed by atoms with E-state index in [1.165, 1.54) is 22.0 Å². The minimum Gasteiger partial charge on any atom is -0.296 e. The van der Waals surface area contributed by atoms with E-state index in [1.807, 2.05) is 10.9 Å². The Hall–Kier alpha value is -0.830. The van der Waals surface area contributed by atoms with Crippen LogP contribution < -0.4 is 0 Å². The van der Waals surface area contributed by atoms with Crippen LogP contribution in [0.15, 0.2) is 23.2 Å². The van der Waals surface area contributed by atoms with Gasteiger partial charge in [0.25, 0.3) is 0 Å². The molecule has 0 radical (unpaired) electrons. The number of rotatable bonds is 5. The average molecular weight is 452 g/mol. The van der Waals surface area contributed by atoms with Crippen molar-refractivity contribution in [3.05, 3.63) is 44.7 Å². The Bertz CT molecular complexity index is 938. The lowest BCUT2D eigenvalue weighted by molar-refractivity contribution is 0.181. The highest BCUT2D eigenvalue weighted by molar-refractivity contribution is 7.89. The van der Waals surface area contributed by atoms with E-state index in [9.17, 15) is 8.42 Å². The van der Waals surface area contributed by atoms with Gasteiger partial charge in [-0.3, -0.25) is 9.58 Å². The number of aryl methyl sites for hydroxylation is 1. The first-order chi connectivity index (χ1) is 12.7. The maximum absolute atomic E-state index is 12.9. The first-order valence-corrected chi connectivity index (χ1v) is 11.2. The molecule has 1 saturated heterocycles. The fourth-order valence-electron chi connectivity index (χ4n) is 3.17. The van der Waals surface area contributed by atoms with Crippen molar-refractivity contribution in [3.63, 3.8) is 0 Å². The van der Waals surface area contributed by atoms with E-state index < -0.39 is 10.0 Å². The quantitative estimate of drug-likeness (QED) is 0.651. The SMILES string of the molecule is CCn1ncc(CN2CCN(S(=O)(=O)c3cc(Cl)c(Cl)cc3Cl)CC2)c1C. The zero-order valence-electron chi connectivity index (χ0n) is 15.1. The van der Waals surface area contributed by atoms with Crippen LogP contribution in [0.3, 0.4) is 0 Å². The van der Waals surface area contributed by atoms with Crippen LogP contribution in [-0.2, 0) is 23.1 Å². The lowest BCUT2D eigenvalue weighted by atomic mass is 10.2. The largest absolute Gasteiger partial charge is 0.296 e. The highest BCUT2D eigenvalue weighted by Crippen LogP contribution is 2.33. The van der Waals surface area contributed by atoms with Gasteiger partial charge in [0.1, 0.15) is 4.90 Å². The molecule has 6 nitrogen and oxygen atoms in total. The van der Waals surface area contributed by atoms with E-state index in [2.05, 4.69) is 23.8 Å². The second-order valence-electron chi connectivity index (χ2n) is 6.45. The molecule has 27 heavy (non-hydrogen) atoms. The van der Waals surface area contributed by atoms with Gasteiger partial charge in [0.05, 0.1) is 21.3 Å². The Balaban J connectivity index is 1.69. The topological polar surface area (TPSA) is 58.4 Å². The summed E-state index contributed by atoms with van der Waals surface area (Å²) >= 11 is 18.0. The Morgan fingerprint density at radius 2 is 1.67 bits per heavy atom. The molecule has 1 aromatic heterocycles. The lowest BCUT2D eigenvalue weighted by Crippen LogP contribution is -2.48. The number of halogens is 3. The highest BCUT2D eigenvalue weighted by atomic mass is 35.5. The second-order valence-corrected chi connectivity index (χ2v) is 9.58. The molecule has 0 saturated carbocycles. The van der Waals surface area contributed by atoms with Crippen LogP contribution in [0.4, 0.5) is 0 Å². The summed E-state index contributed by atoms with van der Waals surface area (Å²) in [4.78, 5) is 2.22. The number of piperazine rings is 1. The van der Waals surface area contributed by atoms with Crippen molar-refractivity contribution in [2.75, 3.05) is 26.2 Å². The third kappa shape index (κ3) is 4.28. The van der Waals surface area contributed by atoms with Crippen LogP contribution in [0.5, 0.6) is 0 Å². The van der Waals surface area contributed by atoms with Gasteiger partial charge in [-0.05, 0) is 26.0 Å². The number of hydrogen-bond acceptors (Lipinski definition) is 4. The van der Waals surface area contributed by atoms with Crippen LogP contribution in [0.25, 0.3) is 0 Å². The van der Waals surface area contributed by atoms with Crippen LogP contribution in [0.1, 0.15) is 18.2 Å². The molecule has 2 heterocycles. The van der Waals surface area contributed by atoms with Crippen LogP contribution in [0.2, 0.25) is 15.1 Å². The molecular weight excluding hydrogens is 431 g/mol. The summed E-state index contributed by atoms with van der Waals surface area (Å²) in [5.41, 5.74) is 2.32. The molecule has 3 rings (SSSR count). The Labute approximate surface area is 174 Å². The van der Waals surface area contributed by atoms with Gasteiger partial charge in [0.15, 0.2) is 0 Å². The third-order valence-corrected chi connectivity index (χ3v) is 7.91. The summed E-state index contributed by atoms with van der Waals surface area (Å²) in [6.07, 6.45) is 1.89. The number of sulfonamides is 1. The van der Waals surface area contributed by atoms with Crippen molar-refractivity contribution in [3.8, 4) is 0 Å². The normalized spacial score (nSPS) is 16.8. The molecule has 0 N–H and O–H groups in total. The summed E-state index contributed by atoms with van der Waals surface area (Å²) in [7, 11) is -3.72. The maximum atomic E-state index is 12.9. The Morgan fingerprint density at radius 1 is 1.04 bits per heavy atom. The summed E-state index contributed by atoms with van der Waals surface area (Å²) < 4.78 is 29.3. The van der Waals surface area contributed by atoms with Crippen molar-refractivity contribution in [1.29, 1.82) is 0 Å². The van der Waals surface area contributed by atoms with Crippen molar-refractivity contribution in [2.24, 2.45) is 0 Å². The number of benzene rings is 1. The van der Waals surface area contributed by atoms with Crippen LogP contribution >= 0.6 is 34.8 Å². The minimum absolute atomic E-state index is 0.00733. The van der Waals surface area contributed by atoms with Gasteiger partial charge in [-0.1, -0.05) is 34.8 Å². The fourth-order valence-corrected chi connectivity index (χ4v) is 5.57. The molecule has 1 aromatic carbocycles. The molecule has 10 heteroatoms. The molecule has 148 valence electrons. The first kappa shape index (κ1) is 20.9. The predicted molar refractivity (Wildman–Crippen MR) is 108 cm³/mol. The average Bonchev–Trinajstić information content (AvgIpc) is 2.98. The highest BCUT2D eigenvalue weighted by Gasteiger charge is 2.31. The van der Waals surface area contributed by atoms with E-state index >= 15 is 0 Å². The molecule has 0 unspecified atom stereocenters. The molecule has 0 spiro atoms. The third-order valence-electron chi connectivity index (χ3n) is 4.82. The van der Waals surface area contributed by atoms with E-state index in [0.29, 0.717) is 26.2 Å². The zero-order valence-corrected chi connectivity index (χ0v) is 18.2. The monoisotopic (exact) mass is 450 g/mol. The van der Waals surface area contributed by atoms with E-state index in [0.717, 1.165) is 18.8 Å². The number of hydrogen-bond donors (Lipinski definition) is 0. The smallest absolute Gasteiger partial charge is 0.244 e. The van der Waals surface area contributed by atoms with Crippen molar-refractivity contribution in [1.82, 2.24) is 19.0 Å². The fraction of sp³-hybridized carbons (Fsp3) is 0.471. The van der Waals surface area contributed by atoms with E-state index in [1.54, 1.807) is 0 Å². The molecule has 0 amide bonds. The van der Waals surface area contributed by atoms with E-state index in [-0.39, 0.29) is 20.0 Å². The lowest BCUT2D eigenvalue weighted by Gasteiger charge is -2.34. The molecule has 0 bridgehead atoms. The van der Waals surface area contributed by atoms with Crippen LogP contribution in [-0.4, -0.2) is 53.6 Å². The van der Waals surface area contributed by atoms with Gasteiger partial charge in [-0.15, -0.1) is 0 Å². The summed E-state index contributed by atoms with van der Waals surface area (Å²) in [6.45, 7) is 7.75. The van der Waals surface area contributed by atoms with E-state index in [4.69, 9.17) is 34.8 Å². The van der Waals surface area contributed by atoms with Gasteiger partial charge in [0, 0.05) is 50.5 Å². The molecule has 1 fully saturated rings. The zero-order chi connectivity index (χ0) is 19.8.